The molecule has 310 valence electrons. The molecule has 0 aromatic heterocycles. The second-order valence-corrected chi connectivity index (χ2v) is 17.8. The lowest BCUT2D eigenvalue weighted by atomic mass is 9.84. The first-order valence-corrected chi connectivity index (χ1v) is 22.1. The van der Waals surface area contributed by atoms with E-state index >= 15 is 0 Å². The predicted octanol–water partition coefficient (Wildman–Crippen LogP) is 16.9. The highest BCUT2D eigenvalue weighted by Gasteiger charge is 2.19. The largest absolute Gasteiger partial charge is 0.0616 e. The summed E-state index contributed by atoms with van der Waals surface area (Å²) < 4.78 is 0. The normalized spacial score (nSPS) is 11.4. The van der Waals surface area contributed by atoms with Gasteiger partial charge in [-0.3, -0.25) is 0 Å². The maximum Gasteiger partial charge on any atom is -0.00946 e. The van der Waals surface area contributed by atoms with Crippen molar-refractivity contribution in [3.8, 4) is 0 Å². The fourth-order valence-corrected chi connectivity index (χ4v) is 9.95. The maximum absolute atomic E-state index is 2.41. The summed E-state index contributed by atoms with van der Waals surface area (Å²) in [7, 11) is 0. The second-order valence-electron chi connectivity index (χ2n) is 17.8. The molecular formula is C62H62. The lowest BCUT2D eigenvalue weighted by Gasteiger charge is -2.20. The highest BCUT2D eigenvalue weighted by atomic mass is 14.2. The highest BCUT2D eigenvalue weighted by Crippen LogP contribution is 2.38. The van der Waals surface area contributed by atoms with Gasteiger partial charge in [-0.25, -0.2) is 0 Å². The molecule has 0 heteroatoms. The number of hydrogen-bond donors (Lipinski definition) is 0. The van der Waals surface area contributed by atoms with Crippen molar-refractivity contribution in [3.63, 3.8) is 0 Å². The van der Waals surface area contributed by atoms with Crippen molar-refractivity contribution < 1.29 is 0 Å². The third-order valence-corrected chi connectivity index (χ3v) is 12.2. The highest BCUT2D eigenvalue weighted by molar-refractivity contribution is 5.98. The van der Waals surface area contributed by atoms with Gasteiger partial charge in [0.25, 0.3) is 0 Å². The van der Waals surface area contributed by atoms with E-state index in [1.54, 1.807) is 0 Å². The number of rotatable bonds is 10. The molecule has 62 heavy (non-hydrogen) atoms. The minimum atomic E-state index is 1.16. The van der Waals surface area contributed by atoms with Crippen LogP contribution in [-0.4, -0.2) is 0 Å². The minimum absolute atomic E-state index is 1.16. The molecule has 0 nitrogen and oxygen atoms in total. The van der Waals surface area contributed by atoms with Crippen molar-refractivity contribution in [3.05, 3.63) is 244 Å². The SMILES string of the molecule is Cc1cc(C)c(C(=Cc2ccccc2C=Cc2ccc(C=Cc3ccccc3C=C(c3c(C)cc(C)cc3C)c3c(C)cc(C)cc3C)cc2)c2c(C)cc(C)cc2C)c(C)c1. The topological polar surface area (TPSA) is 0 Å². The molecule has 0 spiro atoms. The van der Waals surface area contributed by atoms with Gasteiger partial charge in [0.15, 0.2) is 0 Å². The zero-order valence-electron chi connectivity index (χ0n) is 39.0. The van der Waals surface area contributed by atoms with E-state index in [9.17, 15) is 0 Å². The summed E-state index contributed by atoms with van der Waals surface area (Å²) in [5.41, 5.74) is 30.6. The summed E-state index contributed by atoms with van der Waals surface area (Å²) in [5.74, 6) is 0. The predicted molar refractivity (Wildman–Crippen MR) is 274 cm³/mol. The molecule has 0 N–H and O–H groups in total. The molecule has 7 aromatic carbocycles. The van der Waals surface area contributed by atoms with Gasteiger partial charge in [0.1, 0.15) is 0 Å². The van der Waals surface area contributed by atoms with Crippen LogP contribution in [-0.2, 0) is 0 Å². The first-order chi connectivity index (χ1) is 29.7. The van der Waals surface area contributed by atoms with Crippen LogP contribution in [0.3, 0.4) is 0 Å². The van der Waals surface area contributed by atoms with Crippen molar-refractivity contribution in [1.29, 1.82) is 0 Å². The average Bonchev–Trinajstić information content (AvgIpc) is 3.19. The minimum Gasteiger partial charge on any atom is -0.0616 e. The fourth-order valence-electron chi connectivity index (χ4n) is 9.95. The number of hydrogen-bond acceptors (Lipinski definition) is 0. The van der Waals surface area contributed by atoms with Gasteiger partial charge in [-0.15, -0.1) is 0 Å². The number of aryl methyl sites for hydroxylation is 12. The second kappa shape index (κ2) is 18.6. The Kier molecular flexibility index (Phi) is 13.1. The van der Waals surface area contributed by atoms with Crippen molar-refractivity contribution in [2.75, 3.05) is 0 Å². The summed E-state index contributed by atoms with van der Waals surface area (Å²) in [4.78, 5) is 0. The standard InChI is InChI=1S/C62H62/c1-39-29-43(5)59(44(6)30-39)57(60-45(7)31-40(2)32-46(60)8)37-55-19-15-13-17-53(55)27-25-51-21-23-52(24-22-51)26-28-54-18-14-16-20-56(54)38-58(61-47(9)33-41(3)34-48(61)10)62-49(11)35-42(4)36-50(62)12/h13-38H,1-12H3. The molecule has 0 aliphatic carbocycles. The van der Waals surface area contributed by atoms with Crippen LogP contribution in [0.5, 0.6) is 0 Å². The Labute approximate surface area is 372 Å². The Hall–Kier alpha value is -6.50. The van der Waals surface area contributed by atoms with Gasteiger partial charge in [0.05, 0.1) is 0 Å². The van der Waals surface area contributed by atoms with Gasteiger partial charge in [-0.1, -0.05) is 168 Å². The van der Waals surface area contributed by atoms with Gasteiger partial charge in [-0.2, -0.15) is 0 Å². The van der Waals surface area contributed by atoms with Gasteiger partial charge in [-0.05, 0) is 207 Å². The Balaban J connectivity index is 1.20. The van der Waals surface area contributed by atoms with E-state index in [4.69, 9.17) is 0 Å². The van der Waals surface area contributed by atoms with E-state index in [1.165, 1.54) is 122 Å². The fraction of sp³-hybridized carbons (Fsp3) is 0.194. The molecule has 0 atom stereocenters. The van der Waals surface area contributed by atoms with Crippen LogP contribution in [0.4, 0.5) is 0 Å². The third-order valence-electron chi connectivity index (χ3n) is 12.2. The molecule has 7 rings (SSSR count). The first-order valence-electron chi connectivity index (χ1n) is 22.1. The van der Waals surface area contributed by atoms with Crippen molar-refractivity contribution in [1.82, 2.24) is 0 Å². The Morgan fingerprint density at radius 2 is 0.500 bits per heavy atom. The van der Waals surface area contributed by atoms with Crippen molar-refractivity contribution in [2.24, 2.45) is 0 Å². The summed E-state index contributed by atoms with van der Waals surface area (Å²) in [6.45, 7) is 26.8. The summed E-state index contributed by atoms with van der Waals surface area (Å²) in [5, 5.41) is 0. The molecule has 0 aliphatic heterocycles. The summed E-state index contributed by atoms with van der Waals surface area (Å²) in [6.07, 6.45) is 13.8. The third kappa shape index (κ3) is 9.67. The summed E-state index contributed by atoms with van der Waals surface area (Å²) >= 11 is 0. The van der Waals surface area contributed by atoms with E-state index in [0.717, 1.165) is 11.1 Å². The molecule has 0 unspecified atom stereocenters. The van der Waals surface area contributed by atoms with Crippen molar-refractivity contribution in [2.45, 2.75) is 83.1 Å². The van der Waals surface area contributed by atoms with Crippen LogP contribution >= 0.6 is 0 Å². The molecule has 0 amide bonds. The Bertz CT molecular complexity index is 2520. The molecule has 0 heterocycles. The van der Waals surface area contributed by atoms with Gasteiger partial charge in [0, 0.05) is 0 Å². The molecule has 7 aromatic rings. The van der Waals surface area contributed by atoms with Gasteiger partial charge in [0.2, 0.25) is 0 Å². The van der Waals surface area contributed by atoms with Gasteiger partial charge >= 0.3 is 0 Å². The maximum atomic E-state index is 2.41. The summed E-state index contributed by atoms with van der Waals surface area (Å²) in [6, 6.07) is 44.9. The Morgan fingerprint density at radius 3 is 0.742 bits per heavy atom. The van der Waals surface area contributed by atoms with Crippen LogP contribution in [0.1, 0.15) is 122 Å². The van der Waals surface area contributed by atoms with E-state index < -0.39 is 0 Å². The van der Waals surface area contributed by atoms with Crippen molar-refractivity contribution >= 4 is 47.6 Å². The smallest absolute Gasteiger partial charge is 0.00946 e. The lowest BCUT2D eigenvalue weighted by molar-refractivity contribution is 1.25. The molecular weight excluding hydrogens is 745 g/mol. The molecule has 0 fully saturated rings. The van der Waals surface area contributed by atoms with E-state index in [-0.39, 0.29) is 0 Å². The molecule has 0 saturated heterocycles. The van der Waals surface area contributed by atoms with E-state index in [2.05, 4.69) is 241 Å². The van der Waals surface area contributed by atoms with Crippen LogP contribution in [0, 0.1) is 83.1 Å². The van der Waals surface area contributed by atoms with Crippen LogP contribution < -0.4 is 0 Å². The monoisotopic (exact) mass is 806 g/mol. The van der Waals surface area contributed by atoms with Crippen LogP contribution in [0.25, 0.3) is 47.6 Å². The number of benzene rings is 7. The van der Waals surface area contributed by atoms with Crippen LogP contribution in [0.2, 0.25) is 0 Å². The molecule has 0 aliphatic rings. The zero-order chi connectivity index (χ0) is 44.2. The zero-order valence-corrected chi connectivity index (χ0v) is 39.0. The average molecular weight is 807 g/mol. The lowest BCUT2D eigenvalue weighted by Crippen LogP contribution is -2.01. The van der Waals surface area contributed by atoms with E-state index in [0.29, 0.717) is 0 Å². The molecule has 0 bridgehead atoms. The molecule has 0 radical (unpaired) electrons. The first kappa shape index (κ1) is 43.6. The molecule has 0 saturated carbocycles. The van der Waals surface area contributed by atoms with Gasteiger partial charge < -0.3 is 0 Å². The quantitative estimate of drug-likeness (QED) is 0.121. The van der Waals surface area contributed by atoms with E-state index in [1.807, 2.05) is 0 Å². The van der Waals surface area contributed by atoms with Crippen LogP contribution in [0.15, 0.2) is 121 Å². The Morgan fingerprint density at radius 1 is 0.274 bits per heavy atom.